The Hall–Kier alpha value is -2.44. The van der Waals surface area contributed by atoms with Crippen LogP contribution in [0.1, 0.15) is 41.7 Å². The molecule has 0 N–H and O–H groups in total. The van der Waals surface area contributed by atoms with Crippen LogP contribution in [0, 0.1) is 12.3 Å². The third-order valence-corrected chi connectivity index (χ3v) is 7.10. The summed E-state index contributed by atoms with van der Waals surface area (Å²) in [6, 6.07) is 12.4. The molecule has 30 heavy (non-hydrogen) atoms. The summed E-state index contributed by atoms with van der Waals surface area (Å²) in [7, 11) is 2.12. The van der Waals surface area contributed by atoms with E-state index in [1.165, 1.54) is 24.1 Å². The molecule has 1 spiro atoms. The normalized spacial score (nSPS) is 20.3. The lowest BCUT2D eigenvalue weighted by Gasteiger charge is -2.59. The Morgan fingerprint density at radius 3 is 2.70 bits per heavy atom. The maximum atomic E-state index is 6.29. The van der Waals surface area contributed by atoms with Crippen LogP contribution in [0.2, 0.25) is 5.02 Å². The van der Waals surface area contributed by atoms with Crippen LogP contribution < -0.4 is 4.90 Å². The highest BCUT2D eigenvalue weighted by Gasteiger charge is 2.54. The largest absolute Gasteiger partial charge is 0.355 e. The predicted molar refractivity (Wildman–Crippen MR) is 117 cm³/mol. The monoisotopic (exact) mass is 420 g/mol. The van der Waals surface area contributed by atoms with E-state index in [9.17, 15) is 0 Å². The van der Waals surface area contributed by atoms with Gasteiger partial charge in [-0.05, 0) is 62.7 Å². The second-order valence-corrected chi connectivity index (χ2v) is 9.79. The zero-order valence-electron chi connectivity index (χ0n) is 17.3. The molecule has 2 fully saturated rings. The minimum Gasteiger partial charge on any atom is -0.355 e. The molecule has 154 valence electrons. The number of hydrogen-bond acceptors (Lipinski definition) is 5. The van der Waals surface area contributed by atoms with Crippen LogP contribution in [-0.2, 0) is 13.1 Å². The van der Waals surface area contributed by atoms with Crippen LogP contribution >= 0.6 is 11.6 Å². The van der Waals surface area contributed by atoms with E-state index in [-0.39, 0.29) is 0 Å². The van der Waals surface area contributed by atoms with Crippen molar-refractivity contribution in [2.24, 2.45) is 5.41 Å². The van der Waals surface area contributed by atoms with Crippen molar-refractivity contribution in [1.82, 2.24) is 24.6 Å². The number of nitrogens with zero attached hydrogens (tertiary/aromatic N) is 6. The summed E-state index contributed by atoms with van der Waals surface area (Å²) < 4.78 is 2.30. The zero-order chi connectivity index (χ0) is 20.5. The van der Waals surface area contributed by atoms with Gasteiger partial charge in [-0.3, -0.25) is 9.47 Å². The predicted octanol–water partition coefficient (Wildman–Crippen LogP) is 3.95. The van der Waals surface area contributed by atoms with E-state index < -0.39 is 0 Å². The lowest BCUT2D eigenvalue weighted by molar-refractivity contribution is 0.0581. The quantitative estimate of drug-likeness (QED) is 0.628. The third-order valence-electron chi connectivity index (χ3n) is 6.86. The van der Waals surface area contributed by atoms with Crippen LogP contribution in [0.3, 0.4) is 0 Å². The lowest BCUT2D eigenvalue weighted by Crippen LogP contribution is -2.62. The summed E-state index contributed by atoms with van der Waals surface area (Å²) in [6.45, 7) is 5.90. The molecule has 1 aliphatic carbocycles. The minimum absolute atomic E-state index is 0.410. The number of hydrogen-bond donors (Lipinski definition) is 0. The van der Waals surface area contributed by atoms with Crippen molar-refractivity contribution in [3.05, 3.63) is 64.3 Å². The molecule has 1 aromatic carbocycles. The van der Waals surface area contributed by atoms with Gasteiger partial charge in [-0.25, -0.2) is 4.98 Å². The summed E-state index contributed by atoms with van der Waals surface area (Å²) in [5.74, 6) is 3.70. The van der Waals surface area contributed by atoms with Crippen LogP contribution in [0.4, 0.5) is 5.82 Å². The van der Waals surface area contributed by atoms with E-state index in [0.717, 1.165) is 54.4 Å². The lowest BCUT2D eigenvalue weighted by atomic mass is 9.57. The summed E-state index contributed by atoms with van der Waals surface area (Å²) in [5.41, 5.74) is 3.90. The fourth-order valence-electron chi connectivity index (χ4n) is 5.50. The van der Waals surface area contributed by atoms with E-state index in [0.29, 0.717) is 11.3 Å². The maximum Gasteiger partial charge on any atom is 0.151 e. The first-order valence-electron chi connectivity index (χ1n) is 10.6. The van der Waals surface area contributed by atoms with Crippen molar-refractivity contribution < 1.29 is 0 Å². The summed E-state index contributed by atoms with van der Waals surface area (Å²) in [4.78, 5) is 9.35. The molecular formula is C23H25ClN6. The van der Waals surface area contributed by atoms with Gasteiger partial charge in [0, 0.05) is 41.7 Å². The van der Waals surface area contributed by atoms with Crippen LogP contribution in [-0.4, -0.2) is 44.8 Å². The number of anilines is 1. The number of aromatic nitrogens is 4. The van der Waals surface area contributed by atoms with Gasteiger partial charge < -0.3 is 4.90 Å². The molecule has 1 saturated heterocycles. The van der Waals surface area contributed by atoms with Gasteiger partial charge in [0.1, 0.15) is 11.6 Å². The van der Waals surface area contributed by atoms with Crippen molar-refractivity contribution >= 4 is 17.4 Å². The number of fused-ring (bicyclic) bond motifs is 3. The molecule has 0 atom stereocenters. The fourth-order valence-corrected chi connectivity index (χ4v) is 5.70. The molecule has 6 nitrogen and oxygen atoms in total. The van der Waals surface area contributed by atoms with Crippen molar-refractivity contribution in [3.63, 3.8) is 0 Å². The van der Waals surface area contributed by atoms with Gasteiger partial charge in [0.15, 0.2) is 5.82 Å². The Labute approximate surface area is 181 Å². The molecule has 1 saturated carbocycles. The topological polar surface area (TPSA) is 50.1 Å². The molecule has 2 aromatic heterocycles. The summed E-state index contributed by atoms with van der Waals surface area (Å²) in [5, 5.41) is 10.0. The number of aryl methyl sites for hydroxylation is 1. The molecule has 2 aliphatic heterocycles. The molecule has 0 amide bonds. The Morgan fingerprint density at radius 2 is 1.90 bits per heavy atom. The molecule has 6 rings (SSSR count). The molecule has 3 aliphatic rings. The molecule has 7 heteroatoms. The SMILES string of the molecule is Cc1cccc(N2CC3(CC(c4nnc5n4-c4ccc(Cl)cc4CN(C)C5)C3)C2)n1. The highest BCUT2D eigenvalue weighted by atomic mass is 35.5. The van der Waals surface area contributed by atoms with Gasteiger partial charge in [-0.1, -0.05) is 17.7 Å². The van der Waals surface area contributed by atoms with E-state index in [4.69, 9.17) is 11.6 Å². The Bertz CT molecular complexity index is 1120. The molecule has 0 unspecified atom stereocenters. The van der Waals surface area contributed by atoms with Gasteiger partial charge in [0.2, 0.25) is 0 Å². The summed E-state index contributed by atoms with van der Waals surface area (Å²) in [6.07, 6.45) is 2.35. The minimum atomic E-state index is 0.410. The first-order valence-corrected chi connectivity index (χ1v) is 11.0. The van der Waals surface area contributed by atoms with E-state index >= 15 is 0 Å². The second-order valence-electron chi connectivity index (χ2n) is 9.35. The molecule has 3 aromatic rings. The van der Waals surface area contributed by atoms with Gasteiger partial charge in [-0.15, -0.1) is 10.2 Å². The number of benzene rings is 1. The van der Waals surface area contributed by atoms with Crippen LogP contribution in [0.25, 0.3) is 5.69 Å². The smallest absolute Gasteiger partial charge is 0.151 e. The van der Waals surface area contributed by atoms with Crippen molar-refractivity contribution in [2.75, 3.05) is 25.0 Å². The van der Waals surface area contributed by atoms with Gasteiger partial charge in [0.25, 0.3) is 0 Å². The third kappa shape index (κ3) is 2.85. The fraction of sp³-hybridized carbons (Fsp3) is 0.435. The molecule has 0 bridgehead atoms. The number of rotatable bonds is 2. The highest BCUT2D eigenvalue weighted by Crippen LogP contribution is 2.56. The molecular weight excluding hydrogens is 396 g/mol. The van der Waals surface area contributed by atoms with Crippen LogP contribution in [0.5, 0.6) is 0 Å². The summed E-state index contributed by atoms with van der Waals surface area (Å²) >= 11 is 6.29. The maximum absolute atomic E-state index is 6.29. The Balaban J connectivity index is 1.24. The van der Waals surface area contributed by atoms with Gasteiger partial charge in [-0.2, -0.15) is 0 Å². The van der Waals surface area contributed by atoms with Crippen LogP contribution in [0.15, 0.2) is 36.4 Å². The van der Waals surface area contributed by atoms with Crippen molar-refractivity contribution in [1.29, 1.82) is 0 Å². The Kier molecular flexibility index (Phi) is 3.99. The zero-order valence-corrected chi connectivity index (χ0v) is 18.1. The molecule has 4 heterocycles. The van der Waals surface area contributed by atoms with E-state index in [1.54, 1.807) is 0 Å². The van der Waals surface area contributed by atoms with Gasteiger partial charge >= 0.3 is 0 Å². The standard InChI is InChI=1S/C23H25ClN6/c1-15-4-3-5-20(25-15)29-13-23(14-29)9-17(10-23)22-27-26-21-12-28(2)11-16-8-18(24)6-7-19(16)30(21)22/h3-8,17H,9-14H2,1-2H3. The first-order chi connectivity index (χ1) is 14.5. The highest BCUT2D eigenvalue weighted by molar-refractivity contribution is 6.30. The average molecular weight is 421 g/mol. The molecule has 0 radical (unpaired) electrons. The van der Waals surface area contributed by atoms with Crippen molar-refractivity contribution in [2.45, 2.75) is 38.8 Å². The Morgan fingerprint density at radius 1 is 1.07 bits per heavy atom. The average Bonchev–Trinajstić information content (AvgIpc) is 2.96. The van der Waals surface area contributed by atoms with Crippen molar-refractivity contribution in [3.8, 4) is 5.69 Å². The van der Waals surface area contributed by atoms with Gasteiger partial charge in [0.05, 0.1) is 12.2 Å². The first kappa shape index (κ1) is 18.3. The number of pyridine rings is 1. The van der Waals surface area contributed by atoms with E-state index in [1.807, 2.05) is 6.07 Å². The second kappa shape index (κ2) is 6.53. The van der Waals surface area contributed by atoms with E-state index in [2.05, 4.69) is 73.9 Å². The number of halogens is 1.